The Kier molecular flexibility index (Phi) is 4.30. The van der Waals surface area contributed by atoms with Crippen LogP contribution in [0.1, 0.15) is 24.2 Å². The van der Waals surface area contributed by atoms with Gasteiger partial charge in [-0.05, 0) is 13.0 Å². The van der Waals surface area contributed by atoms with E-state index < -0.39 is 25.0 Å². The predicted octanol–water partition coefficient (Wildman–Crippen LogP) is 3.05. The normalized spacial score (nSPS) is 19.9. The number of hydrogen-bond acceptors (Lipinski definition) is 7. The zero-order valence-electron chi connectivity index (χ0n) is 16.1. The minimum atomic E-state index is -2.75. The van der Waals surface area contributed by atoms with Crippen molar-refractivity contribution in [1.82, 2.24) is 24.9 Å². The lowest BCUT2D eigenvalue weighted by Crippen LogP contribution is -2.56. The average Bonchev–Trinajstić information content (AvgIpc) is 2.72. The second-order valence-corrected chi connectivity index (χ2v) is 7.51. The molecule has 0 bridgehead atoms. The summed E-state index contributed by atoms with van der Waals surface area (Å²) in [4.78, 5) is 24.6. The number of nitrogens with zero attached hydrogens (tertiary/aromatic N) is 7. The maximum Gasteiger partial charge on any atom is 0.282 e. The first-order valence-electron chi connectivity index (χ1n) is 9.60. The fraction of sp³-hybridized carbons (Fsp3) is 0.350. The van der Waals surface area contributed by atoms with Gasteiger partial charge in [0, 0.05) is 54.9 Å². The maximum absolute atomic E-state index is 14.2. The van der Waals surface area contributed by atoms with Gasteiger partial charge in [-0.3, -0.25) is 0 Å². The van der Waals surface area contributed by atoms with Crippen molar-refractivity contribution in [3.63, 3.8) is 0 Å². The van der Waals surface area contributed by atoms with Crippen LogP contribution in [0.15, 0.2) is 36.8 Å². The number of anilines is 2. The molecule has 5 rings (SSSR count). The molecule has 0 aromatic carbocycles. The molecule has 1 atom stereocenters. The van der Waals surface area contributed by atoms with E-state index in [1.165, 1.54) is 11.0 Å². The molecule has 1 saturated heterocycles. The molecule has 0 N–H and O–H groups in total. The van der Waals surface area contributed by atoms with Gasteiger partial charge in [-0.25, -0.2) is 33.7 Å². The van der Waals surface area contributed by atoms with Gasteiger partial charge in [0.05, 0.1) is 24.8 Å². The van der Waals surface area contributed by atoms with E-state index >= 15 is 0 Å². The molecule has 0 amide bonds. The second-order valence-electron chi connectivity index (χ2n) is 7.51. The molecular formula is C20H18F3N7. The van der Waals surface area contributed by atoms with E-state index in [1.54, 1.807) is 30.7 Å². The Morgan fingerprint density at radius 3 is 2.53 bits per heavy atom. The number of rotatable bonds is 3. The van der Waals surface area contributed by atoms with Gasteiger partial charge in [-0.1, -0.05) is 0 Å². The van der Waals surface area contributed by atoms with Gasteiger partial charge in [0.2, 0.25) is 5.95 Å². The highest BCUT2D eigenvalue weighted by Crippen LogP contribution is 2.36. The fourth-order valence-corrected chi connectivity index (χ4v) is 3.91. The molecule has 2 aliphatic rings. The Morgan fingerprint density at radius 2 is 1.80 bits per heavy atom. The number of halogens is 3. The summed E-state index contributed by atoms with van der Waals surface area (Å²) < 4.78 is 40.6. The SMILES string of the molecule is CC1c2cnc(-c3ncccn3)nc2CCN1c1cc(F)nc(N2CC(F)(F)C2)c1. The average molecular weight is 413 g/mol. The van der Waals surface area contributed by atoms with E-state index in [2.05, 4.69) is 24.9 Å². The van der Waals surface area contributed by atoms with Gasteiger partial charge in [-0.2, -0.15) is 4.39 Å². The monoisotopic (exact) mass is 413 g/mol. The molecule has 0 saturated carbocycles. The van der Waals surface area contributed by atoms with E-state index in [0.29, 0.717) is 30.3 Å². The van der Waals surface area contributed by atoms with E-state index in [1.807, 2.05) is 11.8 Å². The first-order valence-corrected chi connectivity index (χ1v) is 9.60. The molecule has 30 heavy (non-hydrogen) atoms. The Morgan fingerprint density at radius 1 is 1.03 bits per heavy atom. The lowest BCUT2D eigenvalue weighted by Gasteiger charge is -2.40. The molecule has 3 aromatic heterocycles. The van der Waals surface area contributed by atoms with Gasteiger partial charge in [0.25, 0.3) is 5.92 Å². The zero-order valence-corrected chi connectivity index (χ0v) is 16.1. The Labute approximate surface area is 170 Å². The van der Waals surface area contributed by atoms with Crippen molar-refractivity contribution in [2.45, 2.75) is 25.3 Å². The molecule has 1 fully saturated rings. The van der Waals surface area contributed by atoms with E-state index in [4.69, 9.17) is 0 Å². The Bertz CT molecular complexity index is 1090. The first-order chi connectivity index (χ1) is 14.4. The summed E-state index contributed by atoms with van der Waals surface area (Å²) in [6, 6.07) is 4.60. The van der Waals surface area contributed by atoms with Gasteiger partial charge >= 0.3 is 0 Å². The van der Waals surface area contributed by atoms with Crippen molar-refractivity contribution in [3.8, 4) is 11.6 Å². The van der Waals surface area contributed by atoms with Crippen LogP contribution in [0.3, 0.4) is 0 Å². The Hall–Kier alpha value is -3.30. The van der Waals surface area contributed by atoms with Crippen LogP contribution < -0.4 is 9.80 Å². The number of hydrogen-bond donors (Lipinski definition) is 0. The van der Waals surface area contributed by atoms with Gasteiger partial charge < -0.3 is 9.80 Å². The molecule has 3 aromatic rings. The highest BCUT2D eigenvalue weighted by molar-refractivity contribution is 5.59. The molecule has 1 unspecified atom stereocenters. The van der Waals surface area contributed by atoms with Crippen molar-refractivity contribution in [3.05, 3.63) is 54.0 Å². The van der Waals surface area contributed by atoms with Crippen molar-refractivity contribution in [1.29, 1.82) is 0 Å². The third-order valence-electron chi connectivity index (χ3n) is 5.44. The minimum absolute atomic E-state index is 0.119. The van der Waals surface area contributed by atoms with Gasteiger partial charge in [0.15, 0.2) is 11.6 Å². The van der Waals surface area contributed by atoms with Crippen LogP contribution in [0.4, 0.5) is 24.7 Å². The summed E-state index contributed by atoms with van der Waals surface area (Å²) in [5, 5.41) is 0. The first kappa shape index (κ1) is 18.7. The smallest absolute Gasteiger partial charge is 0.282 e. The standard InChI is InChI=1S/C20H18F3N7/c1-12-14-9-26-19(18-24-4-2-5-25-18)27-15(14)3-6-30(12)13-7-16(21)28-17(8-13)29-10-20(22,23)11-29/h2,4-5,7-9,12H,3,6,10-11H2,1H3. The minimum Gasteiger partial charge on any atom is -0.364 e. The van der Waals surface area contributed by atoms with Crippen molar-refractivity contribution >= 4 is 11.5 Å². The fourth-order valence-electron chi connectivity index (χ4n) is 3.91. The molecule has 154 valence electrons. The third-order valence-corrected chi connectivity index (χ3v) is 5.44. The van der Waals surface area contributed by atoms with Gasteiger partial charge in [0.1, 0.15) is 5.82 Å². The highest BCUT2D eigenvalue weighted by atomic mass is 19.3. The Balaban J connectivity index is 1.43. The number of aromatic nitrogens is 5. The molecule has 2 aliphatic heterocycles. The highest BCUT2D eigenvalue weighted by Gasteiger charge is 2.44. The third kappa shape index (κ3) is 3.31. The van der Waals surface area contributed by atoms with Crippen LogP contribution in [0.5, 0.6) is 0 Å². The van der Waals surface area contributed by atoms with Crippen LogP contribution in [-0.2, 0) is 6.42 Å². The lowest BCUT2D eigenvalue weighted by atomic mass is 9.98. The van der Waals surface area contributed by atoms with Crippen LogP contribution in [-0.4, -0.2) is 50.5 Å². The van der Waals surface area contributed by atoms with Crippen LogP contribution >= 0.6 is 0 Å². The van der Waals surface area contributed by atoms with E-state index in [-0.39, 0.29) is 11.9 Å². The molecule has 0 radical (unpaired) electrons. The summed E-state index contributed by atoms with van der Waals surface area (Å²) in [5.41, 5.74) is 2.42. The summed E-state index contributed by atoms with van der Waals surface area (Å²) in [5.74, 6) is -2.29. The van der Waals surface area contributed by atoms with Crippen LogP contribution in [0.2, 0.25) is 0 Å². The van der Waals surface area contributed by atoms with Crippen molar-refractivity contribution < 1.29 is 13.2 Å². The van der Waals surface area contributed by atoms with Crippen LogP contribution in [0, 0.1) is 5.95 Å². The number of alkyl halides is 2. The predicted molar refractivity (Wildman–Crippen MR) is 104 cm³/mol. The molecule has 5 heterocycles. The number of fused-ring (bicyclic) bond motifs is 1. The van der Waals surface area contributed by atoms with Crippen LogP contribution in [0.25, 0.3) is 11.6 Å². The molecule has 0 aliphatic carbocycles. The zero-order chi connectivity index (χ0) is 20.9. The molecule has 7 nitrogen and oxygen atoms in total. The second kappa shape index (κ2) is 6.89. The molecule has 0 spiro atoms. The van der Waals surface area contributed by atoms with Crippen molar-refractivity contribution in [2.24, 2.45) is 0 Å². The summed E-state index contributed by atoms with van der Waals surface area (Å²) in [6.45, 7) is 1.69. The number of pyridine rings is 1. The summed E-state index contributed by atoms with van der Waals surface area (Å²) >= 11 is 0. The van der Waals surface area contributed by atoms with E-state index in [9.17, 15) is 13.2 Å². The molecular weight excluding hydrogens is 395 g/mol. The van der Waals surface area contributed by atoms with E-state index in [0.717, 1.165) is 11.3 Å². The largest absolute Gasteiger partial charge is 0.364 e. The maximum atomic E-state index is 14.2. The lowest BCUT2D eigenvalue weighted by molar-refractivity contribution is -0.0267. The quantitative estimate of drug-likeness (QED) is 0.611. The topological polar surface area (TPSA) is 70.9 Å². The molecule has 10 heteroatoms. The summed E-state index contributed by atoms with van der Waals surface area (Å²) in [6.07, 6.45) is 5.65. The summed E-state index contributed by atoms with van der Waals surface area (Å²) in [7, 11) is 0. The van der Waals surface area contributed by atoms with Crippen molar-refractivity contribution in [2.75, 3.05) is 29.4 Å². The van der Waals surface area contributed by atoms with Gasteiger partial charge in [-0.15, -0.1) is 0 Å².